The lowest BCUT2D eigenvalue weighted by Crippen LogP contribution is -2.06. The monoisotopic (exact) mass is 338 g/mol. The van der Waals surface area contributed by atoms with E-state index in [2.05, 4.69) is 0 Å². The molecule has 0 amide bonds. The highest BCUT2D eigenvalue weighted by atomic mass is 19.1. The van der Waals surface area contributed by atoms with E-state index in [4.69, 9.17) is 9.94 Å². The van der Waals surface area contributed by atoms with E-state index in [-0.39, 0.29) is 16.7 Å². The molecular formula is C20H17FNO3-. The van der Waals surface area contributed by atoms with Crippen LogP contribution in [0.15, 0.2) is 66.7 Å². The fourth-order valence-electron chi connectivity index (χ4n) is 2.72. The van der Waals surface area contributed by atoms with Gasteiger partial charge in [-0.25, -0.2) is 4.39 Å². The van der Waals surface area contributed by atoms with Crippen LogP contribution in [-0.2, 0) is 6.42 Å². The third kappa shape index (κ3) is 3.96. The molecule has 1 N–H and O–H groups in total. The average Bonchev–Trinajstić information content (AvgIpc) is 2.63. The van der Waals surface area contributed by atoms with Gasteiger partial charge in [-0.1, -0.05) is 30.3 Å². The second-order valence-corrected chi connectivity index (χ2v) is 5.66. The van der Waals surface area contributed by atoms with Crippen molar-refractivity contribution in [3.63, 3.8) is 0 Å². The van der Waals surface area contributed by atoms with Gasteiger partial charge in [0, 0.05) is 5.56 Å². The van der Waals surface area contributed by atoms with E-state index in [0.717, 1.165) is 22.3 Å². The van der Waals surface area contributed by atoms with E-state index in [1.807, 2.05) is 24.3 Å². The fourth-order valence-corrected chi connectivity index (χ4v) is 2.72. The molecule has 128 valence electrons. The maximum atomic E-state index is 13.0. The minimum atomic E-state index is -0.262. The van der Waals surface area contributed by atoms with Crippen molar-refractivity contribution >= 4 is 5.69 Å². The minimum absolute atomic E-state index is 0.142. The number of halogens is 1. The first-order chi connectivity index (χ1) is 12.1. The van der Waals surface area contributed by atoms with Crippen LogP contribution >= 0.6 is 0 Å². The topological polar surface area (TPSA) is 55.8 Å². The predicted molar refractivity (Wildman–Crippen MR) is 95.3 cm³/mol. The van der Waals surface area contributed by atoms with Gasteiger partial charge in [0.2, 0.25) is 0 Å². The zero-order valence-corrected chi connectivity index (χ0v) is 13.6. The first kappa shape index (κ1) is 17.0. The Morgan fingerprint density at radius 1 is 1.00 bits per heavy atom. The largest absolute Gasteiger partial charge is 0.733 e. The fraction of sp³-hybridized carbons (Fsp3) is 0.100. The molecule has 0 unspecified atom stereocenters. The van der Waals surface area contributed by atoms with E-state index < -0.39 is 0 Å². The van der Waals surface area contributed by atoms with Crippen LogP contribution in [0.25, 0.3) is 11.1 Å². The zero-order valence-electron chi connectivity index (χ0n) is 13.6. The molecule has 3 rings (SSSR count). The van der Waals surface area contributed by atoms with Crippen molar-refractivity contribution < 1.29 is 14.3 Å². The number of benzene rings is 3. The molecule has 0 spiro atoms. The summed E-state index contributed by atoms with van der Waals surface area (Å²) < 4.78 is 18.5. The zero-order chi connectivity index (χ0) is 17.8. The highest BCUT2D eigenvalue weighted by Crippen LogP contribution is 2.33. The summed E-state index contributed by atoms with van der Waals surface area (Å²) in [5, 5.41) is 20.1. The normalized spacial score (nSPS) is 10.6. The number of hydrogen-bond acceptors (Lipinski definition) is 4. The van der Waals surface area contributed by atoms with Gasteiger partial charge >= 0.3 is 0 Å². The van der Waals surface area contributed by atoms with Crippen LogP contribution < -0.4 is 9.96 Å². The first-order valence-electron chi connectivity index (χ1n) is 7.75. The summed E-state index contributed by atoms with van der Waals surface area (Å²) in [4.78, 5) is 0. The van der Waals surface area contributed by atoms with E-state index in [0.29, 0.717) is 12.2 Å². The summed E-state index contributed by atoms with van der Waals surface area (Å²) in [5.41, 5.74) is 3.72. The van der Waals surface area contributed by atoms with Crippen LogP contribution in [0.3, 0.4) is 0 Å². The Morgan fingerprint density at radius 2 is 1.72 bits per heavy atom. The van der Waals surface area contributed by atoms with Crippen molar-refractivity contribution in [2.24, 2.45) is 0 Å². The molecule has 3 aromatic rings. The maximum Gasteiger partial charge on any atom is 0.126 e. The van der Waals surface area contributed by atoms with Gasteiger partial charge in [-0.2, -0.15) is 0 Å². The summed E-state index contributed by atoms with van der Waals surface area (Å²) in [6, 6.07) is 18.8. The molecule has 0 aromatic heterocycles. The summed E-state index contributed by atoms with van der Waals surface area (Å²) in [7, 11) is 1.58. The molecule has 0 aliphatic rings. The molecule has 0 fully saturated rings. The van der Waals surface area contributed by atoms with E-state index in [1.165, 1.54) is 18.2 Å². The molecule has 5 heteroatoms. The van der Waals surface area contributed by atoms with Crippen molar-refractivity contribution in [3.8, 4) is 16.9 Å². The summed E-state index contributed by atoms with van der Waals surface area (Å²) in [6.45, 7) is 0. The average molecular weight is 338 g/mol. The number of ether oxygens (including phenoxy) is 1. The van der Waals surface area contributed by atoms with Gasteiger partial charge in [-0.05, 0) is 59.5 Å². The van der Waals surface area contributed by atoms with E-state index in [1.54, 1.807) is 31.4 Å². The molecule has 25 heavy (non-hydrogen) atoms. The number of hydrogen-bond donors (Lipinski definition) is 1. The molecule has 0 aliphatic heterocycles. The molecule has 0 atom stereocenters. The standard InChI is InChI=1S/C20H17FNO3/c1-25-20-10-7-15(11-14-5-8-17(21)9-6-14)12-19(20)16-3-2-4-18(13-16)22(23)24/h2-10,12-13,23H,11H2,1H3/q-1. The third-order valence-electron chi connectivity index (χ3n) is 3.96. The number of anilines is 1. The van der Waals surface area contributed by atoms with Gasteiger partial charge in [0.25, 0.3) is 0 Å². The molecule has 4 nitrogen and oxygen atoms in total. The molecule has 0 saturated heterocycles. The van der Waals surface area contributed by atoms with Crippen molar-refractivity contribution in [1.29, 1.82) is 0 Å². The van der Waals surface area contributed by atoms with Crippen molar-refractivity contribution in [3.05, 3.63) is 88.9 Å². The van der Waals surface area contributed by atoms with Crippen LogP contribution in [0.2, 0.25) is 0 Å². The lowest BCUT2D eigenvalue weighted by Gasteiger charge is -2.22. The SMILES string of the molecule is COc1ccc(Cc2ccc(F)cc2)cc1-c1cccc(N([O-])O)c1. The number of nitrogens with zero attached hydrogens (tertiary/aromatic N) is 1. The van der Waals surface area contributed by atoms with Gasteiger partial charge in [-0.3, -0.25) is 5.21 Å². The maximum absolute atomic E-state index is 13.0. The van der Waals surface area contributed by atoms with Gasteiger partial charge < -0.3 is 15.2 Å². The van der Waals surface area contributed by atoms with E-state index >= 15 is 0 Å². The highest BCUT2D eigenvalue weighted by molar-refractivity contribution is 5.74. The van der Waals surface area contributed by atoms with Crippen molar-refractivity contribution in [1.82, 2.24) is 0 Å². The van der Waals surface area contributed by atoms with Crippen molar-refractivity contribution in [2.75, 3.05) is 12.3 Å². The Bertz CT molecular complexity index is 863. The van der Waals surface area contributed by atoms with Crippen molar-refractivity contribution in [2.45, 2.75) is 6.42 Å². The molecule has 3 aromatic carbocycles. The highest BCUT2D eigenvalue weighted by Gasteiger charge is 2.09. The molecule has 0 heterocycles. The Morgan fingerprint density at radius 3 is 2.40 bits per heavy atom. The predicted octanol–water partition coefficient (Wildman–Crippen LogP) is 4.79. The van der Waals surface area contributed by atoms with Gasteiger partial charge in [0.15, 0.2) is 0 Å². The summed E-state index contributed by atoms with van der Waals surface area (Å²) in [5.74, 6) is 0.401. The third-order valence-corrected chi connectivity index (χ3v) is 3.96. The lowest BCUT2D eigenvalue weighted by atomic mass is 9.98. The van der Waals surface area contributed by atoms with Crippen LogP contribution in [0, 0.1) is 11.0 Å². The molecule has 0 radical (unpaired) electrons. The van der Waals surface area contributed by atoms with Crippen LogP contribution in [0.4, 0.5) is 10.1 Å². The van der Waals surface area contributed by atoms with Crippen LogP contribution in [0.5, 0.6) is 5.75 Å². The quantitative estimate of drug-likeness (QED) is 0.680. The lowest BCUT2D eigenvalue weighted by molar-refractivity contribution is 0.296. The Balaban J connectivity index is 1.97. The van der Waals surface area contributed by atoms with Crippen LogP contribution in [0.1, 0.15) is 11.1 Å². The molecule has 0 saturated carbocycles. The van der Waals surface area contributed by atoms with Gasteiger partial charge in [0.1, 0.15) is 11.6 Å². The van der Waals surface area contributed by atoms with Gasteiger partial charge in [-0.15, -0.1) is 0 Å². The van der Waals surface area contributed by atoms with Crippen LogP contribution in [-0.4, -0.2) is 12.3 Å². The minimum Gasteiger partial charge on any atom is -0.733 e. The smallest absolute Gasteiger partial charge is 0.126 e. The number of rotatable bonds is 5. The van der Waals surface area contributed by atoms with Gasteiger partial charge in [0.05, 0.1) is 12.8 Å². The summed E-state index contributed by atoms with van der Waals surface area (Å²) >= 11 is 0. The molecule has 0 bridgehead atoms. The Labute approximate surface area is 145 Å². The first-order valence-corrected chi connectivity index (χ1v) is 7.75. The Hall–Kier alpha value is -2.89. The van der Waals surface area contributed by atoms with E-state index in [9.17, 15) is 9.60 Å². The number of methoxy groups -OCH3 is 1. The Kier molecular flexibility index (Phi) is 4.97. The second-order valence-electron chi connectivity index (χ2n) is 5.66. The summed E-state index contributed by atoms with van der Waals surface area (Å²) in [6.07, 6.45) is 0.643. The molecular weight excluding hydrogens is 321 g/mol. The molecule has 0 aliphatic carbocycles. The second kappa shape index (κ2) is 7.34.